The summed E-state index contributed by atoms with van der Waals surface area (Å²) < 4.78 is 13.9. The lowest BCUT2D eigenvalue weighted by Gasteiger charge is -2.07. The zero-order valence-corrected chi connectivity index (χ0v) is 15.1. The predicted octanol–water partition coefficient (Wildman–Crippen LogP) is 4.90. The summed E-state index contributed by atoms with van der Waals surface area (Å²) in [5.74, 6) is -1.04. The van der Waals surface area contributed by atoms with Gasteiger partial charge in [0.2, 0.25) is 0 Å². The molecular weight excluding hydrogens is 377 g/mol. The quantitative estimate of drug-likeness (QED) is 0.495. The summed E-state index contributed by atoms with van der Waals surface area (Å²) in [6.45, 7) is 1.84. The summed E-state index contributed by atoms with van der Waals surface area (Å²) in [6.07, 6.45) is 0. The second-order valence-corrected chi connectivity index (χ2v) is 7.41. The highest BCUT2D eigenvalue weighted by molar-refractivity contribution is 8.01. The lowest BCUT2D eigenvalue weighted by Crippen LogP contribution is -2.12. The van der Waals surface area contributed by atoms with E-state index in [0.29, 0.717) is 9.24 Å². The van der Waals surface area contributed by atoms with Crippen LogP contribution in [-0.4, -0.2) is 15.8 Å². The number of benzene rings is 2. The molecule has 0 saturated heterocycles. The molecule has 1 amide bonds. The largest absolute Gasteiger partial charge is 0.322 e. The molecule has 9 heteroatoms. The third-order valence-electron chi connectivity index (χ3n) is 3.30. The molecule has 0 aliphatic carbocycles. The lowest BCUT2D eigenvalue weighted by atomic mass is 10.2. The summed E-state index contributed by atoms with van der Waals surface area (Å²) in [7, 11) is 0. The Morgan fingerprint density at radius 2 is 2.12 bits per heavy atom. The van der Waals surface area contributed by atoms with Gasteiger partial charge in [0.15, 0.2) is 4.34 Å². The van der Waals surface area contributed by atoms with Crippen molar-refractivity contribution < 1.29 is 14.1 Å². The van der Waals surface area contributed by atoms with Crippen LogP contribution in [-0.2, 0) is 0 Å². The number of carbonyl (C=O) groups is 1. The van der Waals surface area contributed by atoms with Crippen LogP contribution in [0.5, 0.6) is 0 Å². The predicted molar refractivity (Wildman–Crippen MR) is 98.4 cm³/mol. The van der Waals surface area contributed by atoms with Crippen LogP contribution in [0, 0.1) is 22.9 Å². The van der Waals surface area contributed by atoms with Crippen molar-refractivity contribution in [3.05, 3.63) is 75.0 Å². The van der Waals surface area contributed by atoms with Crippen molar-refractivity contribution in [1.82, 2.24) is 4.98 Å². The second-order valence-electron chi connectivity index (χ2n) is 5.26. The van der Waals surface area contributed by atoms with Crippen LogP contribution in [0.15, 0.2) is 57.1 Å². The van der Waals surface area contributed by atoms with Gasteiger partial charge in [0.05, 0.1) is 9.82 Å². The molecule has 6 nitrogen and oxygen atoms in total. The number of halogens is 1. The second kappa shape index (κ2) is 7.63. The number of hydrogen-bond donors (Lipinski definition) is 1. The normalized spacial score (nSPS) is 10.5. The number of nitrogens with one attached hydrogen (secondary N) is 1. The van der Waals surface area contributed by atoms with Crippen molar-refractivity contribution in [3.63, 3.8) is 0 Å². The van der Waals surface area contributed by atoms with E-state index < -0.39 is 16.6 Å². The molecule has 0 fully saturated rings. The molecule has 0 bridgehead atoms. The minimum absolute atomic E-state index is 0.112. The van der Waals surface area contributed by atoms with Crippen LogP contribution in [0.3, 0.4) is 0 Å². The Balaban J connectivity index is 1.85. The molecule has 3 aromatic rings. The van der Waals surface area contributed by atoms with E-state index in [4.69, 9.17) is 0 Å². The number of hydrogen-bond acceptors (Lipinski definition) is 6. The van der Waals surface area contributed by atoms with Crippen molar-refractivity contribution in [2.24, 2.45) is 0 Å². The molecule has 132 valence electrons. The van der Waals surface area contributed by atoms with Gasteiger partial charge < -0.3 is 5.32 Å². The molecule has 0 radical (unpaired) electrons. The molecule has 0 aliphatic heterocycles. The number of nitrogens with zero attached hydrogens (tertiary/aromatic N) is 2. The molecule has 0 aliphatic rings. The highest BCUT2D eigenvalue weighted by Crippen LogP contribution is 2.36. The molecular formula is C17H12FN3O3S2. The first-order chi connectivity index (χ1) is 12.4. The minimum Gasteiger partial charge on any atom is -0.322 e. The van der Waals surface area contributed by atoms with E-state index in [1.54, 1.807) is 0 Å². The molecule has 26 heavy (non-hydrogen) atoms. The Morgan fingerprint density at radius 1 is 1.31 bits per heavy atom. The topological polar surface area (TPSA) is 85.1 Å². The maximum atomic E-state index is 13.2. The number of rotatable bonds is 5. The number of carbonyl (C=O) groups excluding carboxylic acids is 1. The van der Waals surface area contributed by atoms with Gasteiger partial charge in [-0.15, -0.1) is 11.3 Å². The molecule has 0 unspecified atom stereocenters. The Bertz CT molecular complexity index is 991. The van der Waals surface area contributed by atoms with Gasteiger partial charge in [-0.05, 0) is 37.3 Å². The standard InChI is InChI=1S/C17H12FN3O3S2/c1-10-9-25-17(19-10)26-15-6-5-11(7-14(15)21(23)24)16(22)20-13-4-2-3-12(18)8-13/h2-9H,1H3,(H,20,22). The molecule has 2 aromatic carbocycles. The molecule has 1 aromatic heterocycles. The van der Waals surface area contributed by atoms with Crippen molar-refractivity contribution >= 4 is 40.4 Å². The van der Waals surface area contributed by atoms with E-state index in [1.807, 2.05) is 12.3 Å². The van der Waals surface area contributed by atoms with Crippen LogP contribution in [0.2, 0.25) is 0 Å². The van der Waals surface area contributed by atoms with E-state index in [1.165, 1.54) is 65.6 Å². The lowest BCUT2D eigenvalue weighted by molar-refractivity contribution is -0.387. The first kappa shape index (κ1) is 18.0. The number of nitro benzene ring substituents is 1. The summed E-state index contributed by atoms with van der Waals surface area (Å²) in [5, 5.41) is 15.8. The van der Waals surface area contributed by atoms with Crippen LogP contribution >= 0.6 is 23.1 Å². The molecule has 0 saturated carbocycles. The van der Waals surface area contributed by atoms with E-state index in [0.717, 1.165) is 5.69 Å². The summed E-state index contributed by atoms with van der Waals surface area (Å²) >= 11 is 2.57. The van der Waals surface area contributed by atoms with Gasteiger partial charge in [-0.25, -0.2) is 9.37 Å². The molecule has 0 atom stereocenters. The molecule has 0 spiro atoms. The van der Waals surface area contributed by atoms with Gasteiger partial charge in [0.1, 0.15) is 5.82 Å². The number of aromatic nitrogens is 1. The fourth-order valence-corrected chi connectivity index (χ4v) is 4.01. The zero-order valence-electron chi connectivity index (χ0n) is 13.4. The summed E-state index contributed by atoms with van der Waals surface area (Å²) in [5.41, 5.74) is 1.04. The van der Waals surface area contributed by atoms with Crippen molar-refractivity contribution in [2.75, 3.05) is 5.32 Å². The number of nitro groups is 1. The Hall–Kier alpha value is -2.78. The number of aryl methyl sites for hydroxylation is 1. The Morgan fingerprint density at radius 3 is 2.77 bits per heavy atom. The van der Waals surface area contributed by atoms with Crippen molar-refractivity contribution in [2.45, 2.75) is 16.2 Å². The molecule has 1 heterocycles. The van der Waals surface area contributed by atoms with Gasteiger partial charge in [-0.2, -0.15) is 0 Å². The smallest absolute Gasteiger partial charge is 0.284 e. The minimum atomic E-state index is -0.555. The number of amides is 1. The van der Waals surface area contributed by atoms with Gasteiger partial charge in [0.25, 0.3) is 11.6 Å². The Kier molecular flexibility index (Phi) is 5.29. The van der Waals surface area contributed by atoms with Crippen molar-refractivity contribution in [1.29, 1.82) is 0 Å². The highest BCUT2D eigenvalue weighted by atomic mass is 32.2. The highest BCUT2D eigenvalue weighted by Gasteiger charge is 2.19. The monoisotopic (exact) mass is 389 g/mol. The maximum Gasteiger partial charge on any atom is 0.284 e. The number of anilines is 1. The van der Waals surface area contributed by atoms with E-state index in [9.17, 15) is 19.3 Å². The van der Waals surface area contributed by atoms with Gasteiger partial charge in [0, 0.05) is 28.4 Å². The van der Waals surface area contributed by atoms with Gasteiger partial charge in [-0.3, -0.25) is 14.9 Å². The fraction of sp³-hybridized carbons (Fsp3) is 0.0588. The third-order valence-corrected chi connectivity index (χ3v) is 5.42. The molecule has 1 N–H and O–H groups in total. The van der Waals surface area contributed by atoms with Crippen LogP contribution < -0.4 is 5.32 Å². The van der Waals surface area contributed by atoms with Gasteiger partial charge in [-0.1, -0.05) is 17.8 Å². The Labute approximate surface area is 156 Å². The van der Waals surface area contributed by atoms with Gasteiger partial charge >= 0.3 is 0 Å². The first-order valence-corrected chi connectivity index (χ1v) is 9.07. The average molecular weight is 389 g/mol. The summed E-state index contributed by atoms with van der Waals surface area (Å²) in [4.78, 5) is 27.8. The van der Waals surface area contributed by atoms with E-state index in [2.05, 4.69) is 10.3 Å². The zero-order chi connectivity index (χ0) is 18.7. The average Bonchev–Trinajstić information content (AvgIpc) is 3.00. The van der Waals surface area contributed by atoms with E-state index in [-0.39, 0.29) is 16.9 Å². The molecule has 3 rings (SSSR count). The third kappa shape index (κ3) is 4.24. The van der Waals surface area contributed by atoms with Crippen LogP contribution in [0.25, 0.3) is 0 Å². The summed E-state index contributed by atoms with van der Waals surface area (Å²) in [6, 6.07) is 9.63. The number of thiazole rings is 1. The van der Waals surface area contributed by atoms with Crippen molar-refractivity contribution in [3.8, 4) is 0 Å². The maximum absolute atomic E-state index is 13.2. The first-order valence-electron chi connectivity index (χ1n) is 7.38. The SMILES string of the molecule is Cc1csc(Sc2ccc(C(=O)Nc3cccc(F)c3)cc2[N+](=O)[O-])n1. The van der Waals surface area contributed by atoms with Crippen LogP contribution in [0.1, 0.15) is 16.1 Å². The fourth-order valence-electron chi connectivity index (χ4n) is 2.13. The van der Waals surface area contributed by atoms with E-state index >= 15 is 0 Å². The van der Waals surface area contributed by atoms with Crippen LogP contribution in [0.4, 0.5) is 15.8 Å².